The minimum Gasteiger partial charge on any atom is -0.493 e. The molecule has 1 saturated heterocycles. The van der Waals surface area contributed by atoms with E-state index in [9.17, 15) is 9.59 Å². The number of rotatable bonds is 6. The SMILES string of the molecule is CNc1ccc2c(cc1=O)[C@@H](NC(=O)C1COC(C)(C)O1)CCc1cc(OC)c(OC)c(OC)c1-2. The van der Waals surface area contributed by atoms with Gasteiger partial charge in [-0.1, -0.05) is 6.07 Å². The van der Waals surface area contributed by atoms with Crippen molar-refractivity contribution in [3.05, 3.63) is 45.6 Å². The van der Waals surface area contributed by atoms with Crippen LogP contribution in [0, 0.1) is 0 Å². The van der Waals surface area contributed by atoms with Crippen LogP contribution in [-0.2, 0) is 20.7 Å². The second-order valence-electron chi connectivity index (χ2n) is 8.97. The van der Waals surface area contributed by atoms with E-state index < -0.39 is 17.9 Å². The van der Waals surface area contributed by atoms with Crippen molar-refractivity contribution in [2.24, 2.45) is 0 Å². The summed E-state index contributed by atoms with van der Waals surface area (Å²) < 4.78 is 28.3. The average molecular weight is 485 g/mol. The highest BCUT2D eigenvalue weighted by Crippen LogP contribution is 2.50. The summed E-state index contributed by atoms with van der Waals surface area (Å²) >= 11 is 0. The lowest BCUT2D eigenvalue weighted by molar-refractivity contribution is -0.153. The number of methoxy groups -OCH3 is 3. The van der Waals surface area contributed by atoms with Crippen molar-refractivity contribution in [3.8, 4) is 28.4 Å². The van der Waals surface area contributed by atoms with E-state index in [1.165, 1.54) is 0 Å². The summed E-state index contributed by atoms with van der Waals surface area (Å²) in [6.07, 6.45) is 0.432. The molecule has 1 heterocycles. The second kappa shape index (κ2) is 9.75. The van der Waals surface area contributed by atoms with Gasteiger partial charge < -0.3 is 34.3 Å². The molecule has 0 spiro atoms. The van der Waals surface area contributed by atoms with Crippen molar-refractivity contribution in [1.29, 1.82) is 0 Å². The van der Waals surface area contributed by atoms with Gasteiger partial charge in [-0.3, -0.25) is 9.59 Å². The number of anilines is 1. The fourth-order valence-corrected chi connectivity index (χ4v) is 4.75. The highest BCUT2D eigenvalue weighted by Gasteiger charge is 2.38. The van der Waals surface area contributed by atoms with Crippen LogP contribution >= 0.6 is 0 Å². The summed E-state index contributed by atoms with van der Waals surface area (Å²) in [6.45, 7) is 3.71. The molecule has 2 atom stereocenters. The van der Waals surface area contributed by atoms with Crippen LogP contribution in [0.2, 0.25) is 0 Å². The van der Waals surface area contributed by atoms with E-state index in [0.717, 1.165) is 16.7 Å². The molecule has 9 heteroatoms. The Bertz CT molecular complexity index is 1200. The molecule has 188 valence electrons. The minimum absolute atomic E-state index is 0.167. The van der Waals surface area contributed by atoms with Gasteiger partial charge >= 0.3 is 0 Å². The van der Waals surface area contributed by atoms with Crippen LogP contribution in [0.25, 0.3) is 11.1 Å². The first-order chi connectivity index (χ1) is 16.7. The first kappa shape index (κ1) is 24.8. The van der Waals surface area contributed by atoms with E-state index in [1.807, 2.05) is 12.1 Å². The number of carbonyl (C=O) groups is 1. The molecule has 1 aliphatic carbocycles. The molecule has 4 rings (SSSR count). The van der Waals surface area contributed by atoms with Crippen molar-refractivity contribution in [3.63, 3.8) is 0 Å². The fraction of sp³-hybridized carbons (Fsp3) is 0.462. The number of fused-ring (bicyclic) bond motifs is 3. The number of carbonyl (C=O) groups excluding carboxylic acids is 1. The smallest absolute Gasteiger partial charge is 0.252 e. The quantitative estimate of drug-likeness (QED) is 0.645. The highest BCUT2D eigenvalue weighted by molar-refractivity contribution is 5.85. The zero-order valence-corrected chi connectivity index (χ0v) is 20.9. The van der Waals surface area contributed by atoms with Gasteiger partial charge in [-0.25, -0.2) is 0 Å². The lowest BCUT2D eigenvalue weighted by atomic mass is 9.95. The zero-order valence-electron chi connectivity index (χ0n) is 20.9. The molecule has 0 bridgehead atoms. The molecule has 1 aliphatic heterocycles. The van der Waals surface area contributed by atoms with E-state index in [1.54, 1.807) is 54.4 Å². The summed E-state index contributed by atoms with van der Waals surface area (Å²) in [4.78, 5) is 26.1. The maximum absolute atomic E-state index is 13.1. The van der Waals surface area contributed by atoms with Crippen LogP contribution in [0.15, 0.2) is 29.1 Å². The Kier molecular flexibility index (Phi) is 6.91. The normalized spacial score (nSPS) is 20.2. The van der Waals surface area contributed by atoms with Crippen LogP contribution in [0.4, 0.5) is 5.69 Å². The van der Waals surface area contributed by atoms with Gasteiger partial charge in [0.05, 0.1) is 39.7 Å². The zero-order chi connectivity index (χ0) is 25.3. The van der Waals surface area contributed by atoms with Crippen LogP contribution in [-0.4, -0.2) is 52.8 Å². The molecule has 0 radical (unpaired) electrons. The maximum atomic E-state index is 13.1. The van der Waals surface area contributed by atoms with E-state index in [-0.39, 0.29) is 17.9 Å². The number of aryl methyl sites for hydroxylation is 1. The van der Waals surface area contributed by atoms with Crippen molar-refractivity contribution >= 4 is 11.6 Å². The van der Waals surface area contributed by atoms with Gasteiger partial charge in [-0.15, -0.1) is 0 Å². The van der Waals surface area contributed by atoms with Crippen LogP contribution < -0.4 is 30.3 Å². The average Bonchev–Trinajstić information content (AvgIpc) is 3.04. The van der Waals surface area contributed by atoms with Crippen molar-refractivity contribution in [2.45, 2.75) is 44.6 Å². The first-order valence-corrected chi connectivity index (χ1v) is 11.5. The Morgan fingerprint density at radius 3 is 2.43 bits per heavy atom. The maximum Gasteiger partial charge on any atom is 0.252 e. The Hall–Kier alpha value is -3.30. The lowest BCUT2D eigenvalue weighted by Crippen LogP contribution is -2.39. The van der Waals surface area contributed by atoms with E-state index in [2.05, 4.69) is 10.6 Å². The molecule has 1 amide bonds. The van der Waals surface area contributed by atoms with Crippen molar-refractivity contribution in [2.75, 3.05) is 40.3 Å². The first-order valence-electron chi connectivity index (χ1n) is 11.5. The number of hydrogen-bond donors (Lipinski definition) is 2. The van der Waals surface area contributed by atoms with Crippen molar-refractivity contribution in [1.82, 2.24) is 5.32 Å². The third-order valence-corrected chi connectivity index (χ3v) is 6.43. The standard InChI is InChI=1S/C26H32N2O7/c1-26(2)34-13-21(35-26)25(30)28-17-9-7-14-11-20(31-4)23(32-5)24(33-6)22(14)15-8-10-18(27-3)19(29)12-16(15)17/h8,10-12,17,21H,7,9,13H2,1-6H3,(H,27,29)(H,28,30)/t17-,21?/m0/s1. The molecule has 9 nitrogen and oxygen atoms in total. The Labute approximate surface area is 204 Å². The predicted molar refractivity (Wildman–Crippen MR) is 131 cm³/mol. The number of amides is 1. The molecule has 2 N–H and O–H groups in total. The summed E-state index contributed by atoms with van der Waals surface area (Å²) in [6, 6.07) is 6.67. The third kappa shape index (κ3) is 4.66. The Morgan fingerprint density at radius 1 is 1.09 bits per heavy atom. The molecule has 2 aliphatic rings. The largest absolute Gasteiger partial charge is 0.493 e. The molecular weight excluding hydrogens is 452 g/mol. The fourth-order valence-electron chi connectivity index (χ4n) is 4.75. The van der Waals surface area contributed by atoms with Gasteiger partial charge in [0.15, 0.2) is 23.4 Å². The molecule has 0 aromatic heterocycles. The summed E-state index contributed by atoms with van der Waals surface area (Å²) in [5.41, 5.74) is 3.48. The van der Waals surface area contributed by atoms with Gasteiger partial charge in [0.25, 0.3) is 5.91 Å². The monoisotopic (exact) mass is 484 g/mol. The van der Waals surface area contributed by atoms with Crippen LogP contribution in [0.3, 0.4) is 0 Å². The van der Waals surface area contributed by atoms with Gasteiger partial charge in [0.1, 0.15) is 0 Å². The molecule has 1 fully saturated rings. The summed E-state index contributed by atoms with van der Waals surface area (Å²) in [5.74, 6) is 0.410. The Morgan fingerprint density at radius 2 is 1.83 bits per heavy atom. The van der Waals surface area contributed by atoms with Gasteiger partial charge in [-0.05, 0) is 61.6 Å². The summed E-state index contributed by atoms with van der Waals surface area (Å²) in [5, 5.41) is 6.04. The molecular formula is C26H32N2O7. The third-order valence-electron chi connectivity index (χ3n) is 6.43. The lowest BCUT2D eigenvalue weighted by Gasteiger charge is -2.21. The van der Waals surface area contributed by atoms with Crippen molar-refractivity contribution < 1.29 is 28.5 Å². The highest BCUT2D eigenvalue weighted by atomic mass is 16.7. The van der Waals surface area contributed by atoms with Gasteiger partial charge in [0, 0.05) is 12.6 Å². The molecule has 0 saturated carbocycles. The van der Waals surface area contributed by atoms with E-state index >= 15 is 0 Å². The molecule has 35 heavy (non-hydrogen) atoms. The number of nitrogens with one attached hydrogen (secondary N) is 2. The second-order valence-corrected chi connectivity index (χ2v) is 8.97. The van der Waals surface area contributed by atoms with Gasteiger partial charge in [-0.2, -0.15) is 0 Å². The number of benzene rings is 1. The summed E-state index contributed by atoms with van der Waals surface area (Å²) in [7, 11) is 6.40. The minimum atomic E-state index is -0.823. The van der Waals surface area contributed by atoms with Gasteiger partial charge in [0.2, 0.25) is 11.2 Å². The topological polar surface area (TPSA) is 104 Å². The number of ether oxygens (including phenoxy) is 5. The molecule has 2 aromatic rings. The van der Waals surface area contributed by atoms with Crippen LogP contribution in [0.5, 0.6) is 17.2 Å². The number of hydrogen-bond acceptors (Lipinski definition) is 8. The molecule has 1 unspecified atom stereocenters. The Balaban J connectivity index is 1.88. The molecule has 2 aromatic carbocycles. The van der Waals surface area contributed by atoms with E-state index in [0.29, 0.717) is 41.3 Å². The van der Waals surface area contributed by atoms with Crippen LogP contribution in [0.1, 0.15) is 37.4 Å². The predicted octanol–water partition coefficient (Wildman–Crippen LogP) is 3.04. The van der Waals surface area contributed by atoms with E-state index in [4.69, 9.17) is 23.7 Å².